The predicted molar refractivity (Wildman–Crippen MR) is 258 cm³/mol. The maximum atomic E-state index is 13.0. The van der Waals surface area contributed by atoms with Crippen LogP contribution >= 0.6 is 0 Å². The highest BCUT2D eigenvalue weighted by atomic mass is 32.2. The molecule has 0 radical (unpaired) electrons. The molecule has 0 spiro atoms. The maximum absolute atomic E-state index is 13.0. The van der Waals surface area contributed by atoms with Crippen LogP contribution in [-0.4, -0.2) is 61.8 Å². The van der Waals surface area contributed by atoms with E-state index in [4.69, 9.17) is 13.6 Å². The number of hydrogen-bond acceptors (Lipinski definition) is 10. The summed E-state index contributed by atoms with van der Waals surface area (Å²) in [5, 5.41) is 13.7. The van der Waals surface area contributed by atoms with E-state index in [1.807, 2.05) is 124 Å². The number of rotatable bonds is 14. The third-order valence-electron chi connectivity index (χ3n) is 10.9. The molecule has 0 aliphatic carbocycles. The van der Waals surface area contributed by atoms with Crippen molar-refractivity contribution in [3.8, 4) is 23.0 Å². The molecule has 0 saturated heterocycles. The van der Waals surface area contributed by atoms with E-state index >= 15 is 0 Å². The third-order valence-corrected chi connectivity index (χ3v) is 21.8. The van der Waals surface area contributed by atoms with Gasteiger partial charge in [-0.15, -0.1) is 0 Å². The van der Waals surface area contributed by atoms with Crippen molar-refractivity contribution in [1.82, 2.24) is 0 Å². The predicted octanol–water partition coefficient (Wildman–Crippen LogP) is 8.62. The van der Waals surface area contributed by atoms with Crippen molar-refractivity contribution in [1.29, 1.82) is 0 Å². The summed E-state index contributed by atoms with van der Waals surface area (Å²) in [5.41, 5.74) is -4.82. The summed E-state index contributed by atoms with van der Waals surface area (Å²) in [5.74, 6) is -1.01. The van der Waals surface area contributed by atoms with Gasteiger partial charge >= 0.3 is 44.2 Å². The summed E-state index contributed by atoms with van der Waals surface area (Å²) in [6, 6.07) is 48.1. The van der Waals surface area contributed by atoms with Gasteiger partial charge in [-0.05, 0) is 66.2 Å². The van der Waals surface area contributed by atoms with Crippen LogP contribution in [0.5, 0.6) is 23.0 Å². The first-order valence-corrected chi connectivity index (χ1v) is 26.4. The van der Waals surface area contributed by atoms with Crippen LogP contribution in [0.15, 0.2) is 158 Å². The second kappa shape index (κ2) is 21.1. The number of halogens is 3. The Morgan fingerprint density at radius 1 is 0.507 bits per heavy atom. The average molecular weight is 973 g/mol. The fraction of sp³-hybridized carbons (Fsp3) is 0.255. The van der Waals surface area contributed by atoms with Gasteiger partial charge in [0.05, 0.1) is 27.1 Å². The lowest BCUT2D eigenvalue weighted by Crippen LogP contribution is -2.68. The van der Waals surface area contributed by atoms with Crippen LogP contribution in [0.4, 0.5) is 13.2 Å². The van der Waals surface area contributed by atoms with Crippen molar-refractivity contribution in [3.63, 3.8) is 0 Å². The SMILES string of the molecule is COC(=O)Cc1cc(O)cc(O[Si](c2ccccc2)(c2ccccc2)C(C)(C)C)c1.COC(=O)Cc1cc(O[Si](c2ccccc2)(c2ccccc2)C(C)(C)C)cc(OS(=O)(=O)C(F)(F)F)c1. The number of aromatic hydroxyl groups is 1. The fourth-order valence-corrected chi connectivity index (χ4v) is 17.2. The Morgan fingerprint density at radius 3 is 1.13 bits per heavy atom. The number of phenols is 1. The maximum Gasteiger partial charge on any atom is 0.534 e. The first kappa shape index (κ1) is 51.6. The number of esters is 2. The van der Waals surface area contributed by atoms with Crippen LogP contribution in [-0.2, 0) is 42.0 Å². The average Bonchev–Trinajstić information content (AvgIpc) is 3.27. The van der Waals surface area contributed by atoms with Crippen molar-refractivity contribution in [2.45, 2.75) is 70.0 Å². The van der Waals surface area contributed by atoms with Crippen LogP contribution in [0.25, 0.3) is 0 Å². The first-order valence-electron chi connectivity index (χ1n) is 21.2. The molecule has 0 aliphatic rings. The van der Waals surface area contributed by atoms with Crippen LogP contribution < -0.4 is 33.8 Å². The number of ether oxygens (including phenoxy) is 2. The van der Waals surface area contributed by atoms with Gasteiger partial charge in [0.25, 0.3) is 0 Å². The number of hydrogen-bond donors (Lipinski definition) is 1. The van der Waals surface area contributed by atoms with Gasteiger partial charge < -0.3 is 27.6 Å². The molecule has 0 saturated carbocycles. The van der Waals surface area contributed by atoms with E-state index in [1.54, 1.807) is 12.1 Å². The molecule has 10 nitrogen and oxygen atoms in total. The van der Waals surface area contributed by atoms with Gasteiger partial charge in [-0.25, -0.2) is 0 Å². The lowest BCUT2D eigenvalue weighted by molar-refractivity contribution is -0.140. The zero-order valence-corrected chi connectivity index (χ0v) is 41.4. The van der Waals surface area contributed by atoms with E-state index in [0.29, 0.717) is 11.3 Å². The van der Waals surface area contributed by atoms with Gasteiger partial charge in [-0.2, -0.15) is 21.6 Å². The third kappa shape index (κ3) is 12.2. The number of carbonyl (C=O) groups excluding carboxylic acids is 2. The molecule has 0 bridgehead atoms. The van der Waals surface area contributed by atoms with Crippen LogP contribution in [0.2, 0.25) is 10.1 Å². The molecular weight excluding hydrogens is 918 g/mol. The molecule has 6 aromatic carbocycles. The quantitative estimate of drug-likeness (QED) is 0.0490. The molecule has 1 N–H and O–H groups in total. The van der Waals surface area contributed by atoms with Gasteiger partial charge in [0.15, 0.2) is 0 Å². The van der Waals surface area contributed by atoms with Gasteiger partial charge in [0.2, 0.25) is 0 Å². The normalized spacial score (nSPS) is 12.2. The van der Waals surface area contributed by atoms with Gasteiger partial charge in [-0.3, -0.25) is 9.59 Å². The standard InChI is InChI=1S/C26H27F3O6SSi.C25H28O4Si/c1-25(2,3)37(22-11-7-5-8-12-22,23-13-9-6-10-14-23)35-21-16-19(17-24(30)33-4)15-20(18-21)34-36(31,32)26(27,28)29;1-25(2,3)30(22-11-7-5-8-12-22,23-13-9-6-10-14-23)29-21-16-19(15-20(26)18-21)17-24(27)28-4/h5-16,18H,17H2,1-4H3;5-16,18,26H,17H2,1-4H3. The Hall–Kier alpha value is -6.37. The molecule has 6 aromatic rings. The summed E-state index contributed by atoms with van der Waals surface area (Å²) >= 11 is 0. The van der Waals surface area contributed by atoms with Crippen molar-refractivity contribution >= 4 is 59.4 Å². The Labute approximate surface area is 392 Å². The molecule has 0 aromatic heterocycles. The van der Waals surface area contributed by atoms with Crippen molar-refractivity contribution < 1.29 is 58.8 Å². The second-order valence-corrected chi connectivity index (χ2v) is 27.6. The van der Waals surface area contributed by atoms with E-state index in [1.165, 1.54) is 13.2 Å². The lowest BCUT2D eigenvalue weighted by Gasteiger charge is -2.43. The smallest absolute Gasteiger partial charge is 0.534 e. The van der Waals surface area contributed by atoms with Gasteiger partial charge in [0, 0.05) is 12.1 Å². The molecule has 67 heavy (non-hydrogen) atoms. The molecule has 0 amide bonds. The Balaban J connectivity index is 0.000000256. The number of benzene rings is 6. The molecule has 0 atom stereocenters. The van der Waals surface area contributed by atoms with E-state index in [2.05, 4.69) is 54.0 Å². The minimum absolute atomic E-state index is 0.0584. The highest BCUT2D eigenvalue weighted by molar-refractivity contribution is 7.88. The van der Waals surface area contributed by atoms with Crippen LogP contribution in [0.3, 0.4) is 0 Å². The second-order valence-electron chi connectivity index (χ2n) is 17.7. The highest BCUT2D eigenvalue weighted by Gasteiger charge is 2.54. The van der Waals surface area contributed by atoms with Crippen LogP contribution in [0.1, 0.15) is 52.7 Å². The van der Waals surface area contributed by atoms with E-state index in [0.717, 1.165) is 40.0 Å². The van der Waals surface area contributed by atoms with Gasteiger partial charge in [-0.1, -0.05) is 163 Å². The summed E-state index contributed by atoms with van der Waals surface area (Å²) in [4.78, 5) is 23.7. The highest BCUT2D eigenvalue weighted by Crippen LogP contribution is 2.40. The molecule has 354 valence electrons. The fourth-order valence-electron chi connectivity index (χ4n) is 7.95. The molecule has 16 heteroatoms. The van der Waals surface area contributed by atoms with Crippen molar-refractivity contribution in [2.24, 2.45) is 0 Å². The number of methoxy groups -OCH3 is 2. The first-order chi connectivity index (χ1) is 31.5. The van der Waals surface area contributed by atoms with E-state index in [9.17, 15) is 36.3 Å². The summed E-state index contributed by atoms with van der Waals surface area (Å²) < 4.78 is 90.1. The van der Waals surface area contributed by atoms with Crippen molar-refractivity contribution in [3.05, 3.63) is 169 Å². The largest absolute Gasteiger partial charge is 0.534 e. The lowest BCUT2D eigenvalue weighted by atomic mass is 10.1. The minimum atomic E-state index is -5.96. The van der Waals surface area contributed by atoms with Gasteiger partial charge in [0.1, 0.15) is 23.0 Å². The van der Waals surface area contributed by atoms with Crippen LogP contribution in [0, 0.1) is 0 Å². The molecule has 0 heterocycles. The summed E-state index contributed by atoms with van der Waals surface area (Å²) in [7, 11) is -9.47. The van der Waals surface area contributed by atoms with Crippen molar-refractivity contribution in [2.75, 3.05) is 14.2 Å². The molecule has 6 rings (SSSR count). The Bertz CT molecular complexity index is 2630. The molecule has 0 fully saturated rings. The number of carbonyl (C=O) groups is 2. The Morgan fingerprint density at radius 2 is 0.821 bits per heavy atom. The monoisotopic (exact) mass is 972 g/mol. The zero-order valence-electron chi connectivity index (χ0n) is 38.6. The number of phenolic OH excluding ortho intramolecular Hbond substituents is 1. The molecule has 0 aliphatic heterocycles. The zero-order chi connectivity index (χ0) is 49.3. The molecular formula is C51H55F3O10SSi2. The topological polar surface area (TPSA) is 135 Å². The Kier molecular flexibility index (Phi) is 16.2. The summed E-state index contributed by atoms with van der Waals surface area (Å²) in [6.45, 7) is 12.6. The molecule has 0 unspecified atom stereocenters. The minimum Gasteiger partial charge on any atom is -0.534 e. The summed E-state index contributed by atoms with van der Waals surface area (Å²) in [6.07, 6.45) is -0.265. The van der Waals surface area contributed by atoms with E-state index in [-0.39, 0.29) is 40.9 Å². The number of alkyl halides is 3. The van der Waals surface area contributed by atoms with E-state index < -0.39 is 49.0 Å².